The Morgan fingerprint density at radius 3 is 0.848 bits per heavy atom. The number of unbranched alkanes of at least 4 members (excludes halogenated alkanes) is 16. The van der Waals surface area contributed by atoms with E-state index < -0.39 is 12.1 Å². The normalized spacial score (nSPS) is 13.3. The van der Waals surface area contributed by atoms with E-state index in [0.29, 0.717) is 19.3 Å². The van der Waals surface area contributed by atoms with Crippen LogP contribution in [-0.4, -0.2) is 37.2 Å². The van der Waals surface area contributed by atoms with Crippen LogP contribution in [-0.2, 0) is 28.6 Å². The van der Waals surface area contributed by atoms with Crippen molar-refractivity contribution in [3.05, 3.63) is 170 Å². The van der Waals surface area contributed by atoms with Crippen LogP contribution in [0.5, 0.6) is 0 Å². The first-order valence-corrected chi connectivity index (χ1v) is 31.6. The fourth-order valence-corrected chi connectivity index (χ4v) is 8.05. The van der Waals surface area contributed by atoms with Crippen LogP contribution in [0.1, 0.15) is 252 Å². The smallest absolute Gasteiger partial charge is 0.306 e. The number of hydrogen-bond acceptors (Lipinski definition) is 6. The predicted octanol–water partition coefficient (Wildman–Crippen LogP) is 21.9. The van der Waals surface area contributed by atoms with Crippen LogP contribution in [0.2, 0.25) is 0 Å². The molecule has 1 unspecified atom stereocenters. The molecule has 0 aliphatic rings. The lowest BCUT2D eigenvalue weighted by atomic mass is 10.0. The Labute approximate surface area is 485 Å². The first-order valence-electron chi connectivity index (χ1n) is 31.6. The Kier molecular flexibility index (Phi) is 61.0. The lowest BCUT2D eigenvalue weighted by molar-refractivity contribution is -0.166. The standard InChI is InChI=1S/C73H114O6/c1-4-7-10-13-16-19-22-25-28-31-34-35-36-37-40-42-45-48-51-54-57-60-63-66-72(75)78-69-70(79-73(76)67-64-61-58-55-52-49-46-43-39-33-30-27-24-21-18-15-12-9-6-3)68-77-71(74)65-62-59-56-53-50-47-44-41-38-32-29-26-23-20-17-14-11-8-5-2/h8-9,11-12,17-18,20-22,25-27,29-31,34,38-39,41,43,47,49-50,52,56,58-59,61,70H,4-7,10,13-16,19,23-24,28,32-33,35-37,40,42,44-46,48,51,53-55,57,60,62-69H2,1-3H3/b11-8-,12-9-,20-17-,21-18-,25-22-,29-26-,30-27-,34-31-,41-38-,43-39-,50-47-,52-49-,59-56-,61-58-. The van der Waals surface area contributed by atoms with Crippen LogP contribution in [0.15, 0.2) is 170 Å². The van der Waals surface area contributed by atoms with E-state index >= 15 is 0 Å². The number of esters is 3. The Morgan fingerprint density at radius 2 is 0.519 bits per heavy atom. The number of ether oxygens (including phenoxy) is 3. The topological polar surface area (TPSA) is 78.9 Å². The minimum atomic E-state index is -0.861. The van der Waals surface area contributed by atoms with Crippen molar-refractivity contribution >= 4 is 17.9 Å². The van der Waals surface area contributed by atoms with Crippen molar-refractivity contribution in [3.8, 4) is 0 Å². The lowest BCUT2D eigenvalue weighted by Crippen LogP contribution is -2.30. The third kappa shape index (κ3) is 63.5. The highest BCUT2D eigenvalue weighted by molar-refractivity contribution is 5.71. The zero-order chi connectivity index (χ0) is 57.1. The summed E-state index contributed by atoms with van der Waals surface area (Å²) in [5.74, 6) is -1.12. The van der Waals surface area contributed by atoms with Gasteiger partial charge in [-0.3, -0.25) is 14.4 Å². The second-order valence-electron chi connectivity index (χ2n) is 20.2. The van der Waals surface area contributed by atoms with Crippen molar-refractivity contribution in [2.24, 2.45) is 0 Å². The van der Waals surface area contributed by atoms with Crippen LogP contribution in [0.4, 0.5) is 0 Å². The van der Waals surface area contributed by atoms with Crippen LogP contribution in [0.3, 0.4) is 0 Å². The maximum atomic E-state index is 12.9. The number of rotatable bonds is 55. The van der Waals surface area contributed by atoms with Gasteiger partial charge >= 0.3 is 17.9 Å². The summed E-state index contributed by atoms with van der Waals surface area (Å²) >= 11 is 0. The highest BCUT2D eigenvalue weighted by atomic mass is 16.6. The largest absolute Gasteiger partial charge is 0.462 e. The van der Waals surface area contributed by atoms with Crippen molar-refractivity contribution in [2.75, 3.05) is 13.2 Å². The Morgan fingerprint density at radius 1 is 0.266 bits per heavy atom. The second kappa shape index (κ2) is 65.3. The number of allylic oxidation sites excluding steroid dienone is 28. The zero-order valence-corrected chi connectivity index (χ0v) is 50.6. The summed E-state index contributed by atoms with van der Waals surface area (Å²) in [6.45, 7) is 6.27. The molecule has 1 atom stereocenters. The number of carbonyl (C=O) groups excluding carboxylic acids is 3. The molecule has 0 bridgehead atoms. The van der Waals surface area contributed by atoms with Crippen LogP contribution >= 0.6 is 0 Å². The fourth-order valence-electron chi connectivity index (χ4n) is 8.05. The van der Waals surface area contributed by atoms with Gasteiger partial charge in [0.25, 0.3) is 0 Å². The Hall–Kier alpha value is -5.23. The molecule has 6 nitrogen and oxygen atoms in total. The molecule has 0 rings (SSSR count). The van der Waals surface area contributed by atoms with E-state index in [4.69, 9.17) is 14.2 Å². The Bertz CT molecular complexity index is 1820. The van der Waals surface area contributed by atoms with Crippen LogP contribution in [0.25, 0.3) is 0 Å². The monoisotopic (exact) mass is 1090 g/mol. The van der Waals surface area contributed by atoms with E-state index in [1.54, 1.807) is 0 Å². The van der Waals surface area contributed by atoms with E-state index in [0.717, 1.165) is 103 Å². The highest BCUT2D eigenvalue weighted by Gasteiger charge is 2.19. The van der Waals surface area contributed by atoms with Gasteiger partial charge in [-0.15, -0.1) is 0 Å². The molecule has 6 heteroatoms. The first-order chi connectivity index (χ1) is 39.0. The van der Waals surface area contributed by atoms with Crippen molar-refractivity contribution in [1.82, 2.24) is 0 Å². The van der Waals surface area contributed by atoms with E-state index in [2.05, 4.69) is 167 Å². The number of carbonyl (C=O) groups is 3. The molecule has 0 aromatic rings. The highest BCUT2D eigenvalue weighted by Crippen LogP contribution is 2.14. The molecule has 0 spiro atoms. The lowest BCUT2D eigenvalue weighted by Gasteiger charge is -2.18. The van der Waals surface area contributed by atoms with Crippen LogP contribution in [0, 0.1) is 0 Å². The molecule has 442 valence electrons. The summed E-state index contributed by atoms with van der Waals surface area (Å²) in [4.78, 5) is 38.3. The van der Waals surface area contributed by atoms with E-state index in [1.165, 1.54) is 96.3 Å². The van der Waals surface area contributed by atoms with Crippen molar-refractivity contribution in [2.45, 2.75) is 258 Å². The first kappa shape index (κ1) is 73.8. The van der Waals surface area contributed by atoms with Gasteiger partial charge in [0.1, 0.15) is 13.2 Å². The molecule has 0 saturated heterocycles. The summed E-state index contributed by atoms with van der Waals surface area (Å²) in [6.07, 6.45) is 96.6. The number of hydrogen-bond donors (Lipinski definition) is 0. The molecule has 0 N–H and O–H groups in total. The summed E-state index contributed by atoms with van der Waals surface area (Å²) in [7, 11) is 0. The summed E-state index contributed by atoms with van der Waals surface area (Å²) in [5.41, 5.74) is 0. The molecular weight excluding hydrogens is 973 g/mol. The summed E-state index contributed by atoms with van der Waals surface area (Å²) in [6, 6.07) is 0. The summed E-state index contributed by atoms with van der Waals surface area (Å²) < 4.78 is 16.8. The van der Waals surface area contributed by atoms with Gasteiger partial charge in [0, 0.05) is 19.3 Å². The molecule has 0 radical (unpaired) electrons. The van der Waals surface area contributed by atoms with Gasteiger partial charge in [-0.05, 0) is 128 Å². The second-order valence-corrected chi connectivity index (χ2v) is 20.2. The van der Waals surface area contributed by atoms with Gasteiger partial charge < -0.3 is 14.2 Å². The van der Waals surface area contributed by atoms with E-state index in [9.17, 15) is 14.4 Å². The average molecular weight is 1090 g/mol. The molecule has 0 aromatic heterocycles. The maximum Gasteiger partial charge on any atom is 0.306 e. The molecular formula is C73H114O6. The van der Waals surface area contributed by atoms with Crippen molar-refractivity contribution < 1.29 is 28.6 Å². The molecule has 0 heterocycles. The molecule has 0 aliphatic carbocycles. The maximum absolute atomic E-state index is 12.9. The minimum absolute atomic E-state index is 0.140. The summed E-state index contributed by atoms with van der Waals surface area (Å²) in [5, 5.41) is 0. The quantitative estimate of drug-likeness (QED) is 0.0261. The van der Waals surface area contributed by atoms with Gasteiger partial charge in [-0.2, -0.15) is 0 Å². The third-order valence-corrected chi connectivity index (χ3v) is 12.7. The minimum Gasteiger partial charge on any atom is -0.462 e. The molecule has 0 amide bonds. The zero-order valence-electron chi connectivity index (χ0n) is 50.6. The van der Waals surface area contributed by atoms with Gasteiger partial charge in [-0.1, -0.05) is 274 Å². The Balaban J connectivity index is 4.59. The van der Waals surface area contributed by atoms with Crippen molar-refractivity contribution in [1.29, 1.82) is 0 Å². The van der Waals surface area contributed by atoms with Crippen LogP contribution < -0.4 is 0 Å². The molecule has 0 aliphatic heterocycles. The van der Waals surface area contributed by atoms with Crippen molar-refractivity contribution in [3.63, 3.8) is 0 Å². The van der Waals surface area contributed by atoms with E-state index in [1.807, 2.05) is 24.3 Å². The van der Waals surface area contributed by atoms with Gasteiger partial charge in [0.2, 0.25) is 0 Å². The SMILES string of the molecule is CC/C=C\C/C=C\C/C=C\C/C=C\C/C=C\C/C=C\CCC(=O)OCC(COC(=O)CCCCCCCCCCCCC/C=C\C/C=C\CCCCCCC)OC(=O)CC/C=C\C/C=C\C/C=C\C/C=C\C/C=C\C/C=C\CC. The molecule has 0 fully saturated rings. The van der Waals surface area contributed by atoms with Gasteiger partial charge in [0.15, 0.2) is 6.10 Å². The molecule has 0 aromatic carbocycles. The van der Waals surface area contributed by atoms with Gasteiger partial charge in [0.05, 0.1) is 0 Å². The third-order valence-electron chi connectivity index (χ3n) is 12.7. The van der Waals surface area contributed by atoms with Gasteiger partial charge in [-0.25, -0.2) is 0 Å². The molecule has 0 saturated carbocycles. The fraction of sp³-hybridized carbons (Fsp3) is 0.575. The van der Waals surface area contributed by atoms with E-state index in [-0.39, 0.29) is 38.0 Å². The predicted molar refractivity (Wildman–Crippen MR) is 343 cm³/mol. The average Bonchev–Trinajstić information content (AvgIpc) is 3.45. The molecule has 79 heavy (non-hydrogen) atoms.